The highest BCUT2D eigenvalue weighted by molar-refractivity contribution is 5.77. The summed E-state index contributed by atoms with van der Waals surface area (Å²) in [6.07, 6.45) is 0.454. The van der Waals surface area contributed by atoms with Crippen molar-refractivity contribution in [2.24, 2.45) is 0 Å². The second-order valence-corrected chi connectivity index (χ2v) is 6.69. The average Bonchev–Trinajstić information content (AvgIpc) is 2.72. The fraction of sp³-hybridized carbons (Fsp3) is 0.208. The van der Waals surface area contributed by atoms with E-state index in [1.165, 1.54) is 16.7 Å². The minimum absolute atomic E-state index is 0.0735. The summed E-state index contributed by atoms with van der Waals surface area (Å²) in [5.74, 6) is 0.460. The maximum Gasteiger partial charge on any atom is 0.220 e. The predicted molar refractivity (Wildman–Crippen MR) is 107 cm³/mol. The Bertz CT molecular complexity index is 760. The SMILES string of the molecule is CC(CNC(=O)CC(c1ccccc1)c1ccccc1)c1ccccc1. The largest absolute Gasteiger partial charge is 0.355 e. The number of nitrogens with one attached hydrogen (secondary N) is 1. The predicted octanol–water partition coefficient (Wildman–Crippen LogP) is 5.13. The molecular weight excluding hydrogens is 318 g/mol. The Kier molecular flexibility index (Phi) is 6.21. The highest BCUT2D eigenvalue weighted by atomic mass is 16.1. The van der Waals surface area contributed by atoms with Crippen molar-refractivity contribution in [3.05, 3.63) is 108 Å². The first-order valence-corrected chi connectivity index (χ1v) is 9.15. The zero-order valence-electron chi connectivity index (χ0n) is 15.1. The van der Waals surface area contributed by atoms with Gasteiger partial charge in [-0.2, -0.15) is 0 Å². The molecule has 0 bridgehead atoms. The average molecular weight is 343 g/mol. The molecule has 0 aromatic heterocycles. The summed E-state index contributed by atoms with van der Waals surface area (Å²) in [7, 11) is 0. The molecule has 0 aliphatic heterocycles. The molecule has 0 heterocycles. The normalized spacial score (nSPS) is 11.9. The summed E-state index contributed by atoms with van der Waals surface area (Å²) in [5.41, 5.74) is 3.59. The van der Waals surface area contributed by atoms with Crippen LogP contribution in [0.1, 0.15) is 41.9 Å². The molecule has 0 aliphatic carbocycles. The van der Waals surface area contributed by atoms with Crippen LogP contribution in [0, 0.1) is 0 Å². The third kappa shape index (κ3) is 4.82. The molecule has 3 rings (SSSR count). The summed E-state index contributed by atoms with van der Waals surface area (Å²) in [5, 5.41) is 3.11. The van der Waals surface area contributed by atoms with Crippen molar-refractivity contribution in [1.29, 1.82) is 0 Å². The Morgan fingerprint density at radius 3 is 1.62 bits per heavy atom. The van der Waals surface area contributed by atoms with Gasteiger partial charge in [0.25, 0.3) is 0 Å². The van der Waals surface area contributed by atoms with E-state index in [0.717, 1.165) is 0 Å². The highest BCUT2D eigenvalue weighted by Crippen LogP contribution is 2.27. The van der Waals surface area contributed by atoms with E-state index in [1.54, 1.807) is 0 Å². The zero-order valence-corrected chi connectivity index (χ0v) is 15.1. The molecule has 0 aliphatic rings. The molecule has 3 aromatic carbocycles. The van der Waals surface area contributed by atoms with Crippen LogP contribution in [0.4, 0.5) is 0 Å². The number of hydrogen-bond acceptors (Lipinski definition) is 1. The first-order chi connectivity index (χ1) is 12.7. The number of carbonyl (C=O) groups is 1. The summed E-state index contributed by atoms with van der Waals surface area (Å²) < 4.78 is 0. The second-order valence-electron chi connectivity index (χ2n) is 6.69. The van der Waals surface area contributed by atoms with E-state index in [2.05, 4.69) is 48.6 Å². The molecule has 0 saturated heterocycles. The monoisotopic (exact) mass is 343 g/mol. The van der Waals surface area contributed by atoms with Gasteiger partial charge >= 0.3 is 0 Å². The van der Waals surface area contributed by atoms with Gasteiger partial charge in [0.05, 0.1) is 0 Å². The number of rotatable bonds is 7. The van der Waals surface area contributed by atoms with Gasteiger partial charge in [0.2, 0.25) is 5.91 Å². The Balaban J connectivity index is 1.66. The van der Waals surface area contributed by atoms with Gasteiger partial charge in [-0.3, -0.25) is 4.79 Å². The number of amides is 1. The molecule has 2 heteroatoms. The zero-order chi connectivity index (χ0) is 18.2. The number of carbonyl (C=O) groups excluding carboxylic acids is 1. The van der Waals surface area contributed by atoms with Crippen molar-refractivity contribution in [3.8, 4) is 0 Å². The smallest absolute Gasteiger partial charge is 0.220 e. The molecule has 132 valence electrons. The van der Waals surface area contributed by atoms with E-state index in [1.807, 2.05) is 54.6 Å². The van der Waals surface area contributed by atoms with Crippen molar-refractivity contribution >= 4 is 5.91 Å². The van der Waals surface area contributed by atoms with Gasteiger partial charge in [-0.25, -0.2) is 0 Å². The molecule has 3 aromatic rings. The first kappa shape index (κ1) is 17.9. The molecule has 26 heavy (non-hydrogen) atoms. The van der Waals surface area contributed by atoms with E-state index in [-0.39, 0.29) is 11.8 Å². The molecule has 1 unspecified atom stereocenters. The molecular formula is C24H25NO. The molecule has 0 saturated carbocycles. The Labute approximate surface area is 155 Å². The van der Waals surface area contributed by atoms with Crippen molar-refractivity contribution in [2.75, 3.05) is 6.54 Å². The molecule has 0 radical (unpaired) electrons. The first-order valence-electron chi connectivity index (χ1n) is 9.15. The summed E-state index contributed by atoms with van der Waals surface area (Å²) in [6, 6.07) is 30.8. The van der Waals surface area contributed by atoms with E-state index in [4.69, 9.17) is 0 Å². The van der Waals surface area contributed by atoms with Gasteiger partial charge in [0, 0.05) is 18.9 Å². The van der Waals surface area contributed by atoms with Crippen LogP contribution < -0.4 is 5.32 Å². The van der Waals surface area contributed by atoms with Crippen molar-refractivity contribution < 1.29 is 4.79 Å². The van der Waals surface area contributed by atoms with E-state index >= 15 is 0 Å². The summed E-state index contributed by atoms with van der Waals surface area (Å²) in [6.45, 7) is 2.79. The van der Waals surface area contributed by atoms with Crippen LogP contribution in [0.15, 0.2) is 91.0 Å². The third-order valence-corrected chi connectivity index (χ3v) is 4.77. The Hall–Kier alpha value is -2.87. The fourth-order valence-corrected chi connectivity index (χ4v) is 3.22. The summed E-state index contributed by atoms with van der Waals surface area (Å²) >= 11 is 0. The fourth-order valence-electron chi connectivity index (χ4n) is 3.22. The van der Waals surface area contributed by atoms with Gasteiger partial charge in [-0.1, -0.05) is 97.9 Å². The van der Waals surface area contributed by atoms with Crippen LogP contribution in [0.2, 0.25) is 0 Å². The number of hydrogen-bond donors (Lipinski definition) is 1. The second kappa shape index (κ2) is 9.00. The van der Waals surface area contributed by atoms with Gasteiger partial charge in [0.15, 0.2) is 0 Å². The van der Waals surface area contributed by atoms with Crippen LogP contribution >= 0.6 is 0 Å². The minimum Gasteiger partial charge on any atom is -0.355 e. The minimum atomic E-state index is 0.0735. The molecule has 1 amide bonds. The maximum absolute atomic E-state index is 12.6. The third-order valence-electron chi connectivity index (χ3n) is 4.77. The summed E-state index contributed by atoms with van der Waals surface area (Å²) in [4.78, 5) is 12.6. The molecule has 1 N–H and O–H groups in total. The van der Waals surface area contributed by atoms with E-state index in [0.29, 0.717) is 18.9 Å². The van der Waals surface area contributed by atoms with Gasteiger partial charge in [0.1, 0.15) is 0 Å². The quantitative estimate of drug-likeness (QED) is 0.633. The van der Waals surface area contributed by atoms with Gasteiger partial charge in [-0.05, 0) is 22.6 Å². The lowest BCUT2D eigenvalue weighted by molar-refractivity contribution is -0.121. The maximum atomic E-state index is 12.6. The van der Waals surface area contributed by atoms with Gasteiger partial charge < -0.3 is 5.32 Å². The molecule has 1 atom stereocenters. The molecule has 0 fully saturated rings. The van der Waals surface area contributed by atoms with Crippen LogP contribution in [-0.4, -0.2) is 12.5 Å². The van der Waals surface area contributed by atoms with Crippen molar-refractivity contribution in [3.63, 3.8) is 0 Å². The standard InChI is InChI=1S/C24H25NO/c1-19(20-11-5-2-6-12-20)18-25-24(26)17-23(21-13-7-3-8-14-21)22-15-9-4-10-16-22/h2-16,19,23H,17-18H2,1H3,(H,25,26). The topological polar surface area (TPSA) is 29.1 Å². The lowest BCUT2D eigenvalue weighted by Crippen LogP contribution is -2.29. The lowest BCUT2D eigenvalue weighted by atomic mass is 9.88. The van der Waals surface area contributed by atoms with Crippen LogP contribution in [0.3, 0.4) is 0 Å². The van der Waals surface area contributed by atoms with Crippen LogP contribution in [0.5, 0.6) is 0 Å². The van der Waals surface area contributed by atoms with Crippen LogP contribution in [0.25, 0.3) is 0 Å². The Morgan fingerprint density at radius 1 is 0.731 bits per heavy atom. The highest BCUT2D eigenvalue weighted by Gasteiger charge is 2.18. The lowest BCUT2D eigenvalue weighted by Gasteiger charge is -2.19. The Morgan fingerprint density at radius 2 is 1.15 bits per heavy atom. The number of benzene rings is 3. The molecule has 2 nitrogen and oxygen atoms in total. The van der Waals surface area contributed by atoms with E-state index in [9.17, 15) is 4.79 Å². The van der Waals surface area contributed by atoms with Gasteiger partial charge in [-0.15, -0.1) is 0 Å². The van der Waals surface area contributed by atoms with E-state index < -0.39 is 0 Å². The van der Waals surface area contributed by atoms with Crippen LogP contribution in [-0.2, 0) is 4.79 Å². The molecule has 0 spiro atoms. The van der Waals surface area contributed by atoms with Crippen molar-refractivity contribution in [1.82, 2.24) is 5.32 Å². The van der Waals surface area contributed by atoms with Crippen molar-refractivity contribution in [2.45, 2.75) is 25.2 Å².